The number of carbonyl (C=O) groups excluding carboxylic acids is 1. The van der Waals surface area contributed by atoms with Crippen LogP contribution in [0, 0.1) is 0 Å². The molecule has 0 saturated heterocycles. The highest BCUT2D eigenvalue weighted by Crippen LogP contribution is 2.35. The lowest BCUT2D eigenvalue weighted by Gasteiger charge is -2.28. The van der Waals surface area contributed by atoms with Crippen molar-refractivity contribution in [3.05, 3.63) is 42.5 Å². The van der Waals surface area contributed by atoms with Gasteiger partial charge in [-0.15, -0.1) is 22.0 Å². The number of methoxy groups -OCH3 is 2. The number of rotatable bonds is 6. The molecule has 0 bridgehead atoms. The number of benzene rings is 2. The minimum absolute atomic E-state index is 0.0190. The molecule has 3 aromatic rings. The Hall–Kier alpha value is -2.65. The summed E-state index contributed by atoms with van der Waals surface area (Å²) in [6.45, 7) is 0.694. The lowest BCUT2D eigenvalue weighted by Crippen LogP contribution is -2.36. The van der Waals surface area contributed by atoms with Gasteiger partial charge in [0.2, 0.25) is 11.8 Å². The van der Waals surface area contributed by atoms with Crippen LogP contribution in [0.5, 0.6) is 11.5 Å². The molecule has 1 aliphatic heterocycles. The van der Waals surface area contributed by atoms with Crippen molar-refractivity contribution >= 4 is 35.1 Å². The molecular formula is C20H19N3O4S2. The third-order valence-corrected chi connectivity index (χ3v) is 6.20. The zero-order valence-electron chi connectivity index (χ0n) is 16.0. The molecule has 0 atom stereocenters. The lowest BCUT2D eigenvalue weighted by molar-refractivity contribution is -0.116. The Morgan fingerprint density at radius 3 is 2.69 bits per heavy atom. The van der Waals surface area contributed by atoms with Gasteiger partial charge in [-0.1, -0.05) is 23.9 Å². The largest absolute Gasteiger partial charge is 0.497 e. The van der Waals surface area contributed by atoms with Crippen LogP contribution in [0.1, 0.15) is 0 Å². The van der Waals surface area contributed by atoms with Gasteiger partial charge in [-0.05, 0) is 24.3 Å². The first kappa shape index (κ1) is 19.7. The van der Waals surface area contributed by atoms with Crippen molar-refractivity contribution in [1.82, 2.24) is 10.2 Å². The Balaban J connectivity index is 1.45. The highest BCUT2D eigenvalue weighted by atomic mass is 32.2. The maximum atomic E-state index is 12.8. The van der Waals surface area contributed by atoms with E-state index >= 15 is 0 Å². The molecule has 7 nitrogen and oxygen atoms in total. The molecule has 1 aliphatic rings. The molecule has 0 aliphatic carbocycles. The maximum Gasteiger partial charge on any atom is 0.277 e. The predicted octanol–water partition coefficient (Wildman–Crippen LogP) is 3.98. The number of para-hydroxylation sites is 1. The molecule has 0 radical (unpaired) electrons. The van der Waals surface area contributed by atoms with Crippen LogP contribution in [0.25, 0.3) is 11.5 Å². The minimum atomic E-state index is 0.0190. The number of hydrogen-bond donors (Lipinski definition) is 0. The van der Waals surface area contributed by atoms with Crippen molar-refractivity contribution in [2.75, 3.05) is 37.2 Å². The van der Waals surface area contributed by atoms with Gasteiger partial charge in [-0.3, -0.25) is 4.79 Å². The summed E-state index contributed by atoms with van der Waals surface area (Å²) in [6, 6.07) is 13.3. The van der Waals surface area contributed by atoms with Crippen LogP contribution in [-0.4, -0.2) is 48.4 Å². The first-order valence-electron chi connectivity index (χ1n) is 8.90. The van der Waals surface area contributed by atoms with E-state index in [-0.39, 0.29) is 11.7 Å². The second-order valence-corrected chi connectivity index (χ2v) is 8.19. The zero-order valence-corrected chi connectivity index (χ0v) is 17.6. The summed E-state index contributed by atoms with van der Waals surface area (Å²) < 4.78 is 16.3. The molecule has 4 rings (SSSR count). The van der Waals surface area contributed by atoms with E-state index in [4.69, 9.17) is 13.9 Å². The average Bonchev–Trinajstić information content (AvgIpc) is 3.25. The number of amides is 1. The number of anilines is 1. The Morgan fingerprint density at radius 2 is 1.93 bits per heavy atom. The first-order chi connectivity index (χ1) is 14.2. The normalized spacial score (nSPS) is 13.1. The van der Waals surface area contributed by atoms with Gasteiger partial charge < -0.3 is 18.8 Å². The van der Waals surface area contributed by atoms with Gasteiger partial charge in [0.05, 0.1) is 25.7 Å². The van der Waals surface area contributed by atoms with Crippen LogP contribution in [0.3, 0.4) is 0 Å². The monoisotopic (exact) mass is 429 g/mol. The van der Waals surface area contributed by atoms with Crippen molar-refractivity contribution in [3.63, 3.8) is 0 Å². The highest BCUT2D eigenvalue weighted by molar-refractivity contribution is 8.00. The molecule has 1 amide bonds. The number of aromatic nitrogens is 2. The maximum absolute atomic E-state index is 12.8. The third-order valence-electron chi connectivity index (χ3n) is 4.35. The molecule has 0 unspecified atom stereocenters. The van der Waals surface area contributed by atoms with E-state index in [2.05, 4.69) is 10.2 Å². The Labute approximate surface area is 176 Å². The van der Waals surface area contributed by atoms with Gasteiger partial charge in [0.1, 0.15) is 11.5 Å². The van der Waals surface area contributed by atoms with E-state index in [1.807, 2.05) is 29.2 Å². The summed E-state index contributed by atoms with van der Waals surface area (Å²) in [5, 5.41) is 8.48. The van der Waals surface area contributed by atoms with E-state index in [9.17, 15) is 4.79 Å². The fourth-order valence-electron chi connectivity index (χ4n) is 2.95. The summed E-state index contributed by atoms with van der Waals surface area (Å²) in [4.78, 5) is 15.7. The third kappa shape index (κ3) is 4.35. The van der Waals surface area contributed by atoms with Gasteiger partial charge >= 0.3 is 0 Å². The average molecular weight is 430 g/mol. The molecule has 0 fully saturated rings. The van der Waals surface area contributed by atoms with Gasteiger partial charge in [0.15, 0.2) is 0 Å². The van der Waals surface area contributed by atoms with Crippen LogP contribution in [0.2, 0.25) is 0 Å². The summed E-state index contributed by atoms with van der Waals surface area (Å²) >= 11 is 3.00. The fraction of sp³-hybridized carbons (Fsp3) is 0.250. The molecule has 2 aromatic carbocycles. The van der Waals surface area contributed by atoms with Crippen molar-refractivity contribution in [1.29, 1.82) is 0 Å². The number of hydrogen-bond acceptors (Lipinski definition) is 8. The molecule has 29 heavy (non-hydrogen) atoms. The van der Waals surface area contributed by atoms with Gasteiger partial charge in [0.25, 0.3) is 5.22 Å². The second-order valence-electron chi connectivity index (χ2n) is 6.12. The topological polar surface area (TPSA) is 77.7 Å². The van der Waals surface area contributed by atoms with Crippen molar-refractivity contribution in [3.8, 4) is 23.0 Å². The zero-order chi connectivity index (χ0) is 20.2. The van der Waals surface area contributed by atoms with Crippen LogP contribution >= 0.6 is 23.5 Å². The Bertz CT molecular complexity index is 1000. The smallest absolute Gasteiger partial charge is 0.277 e. The van der Waals surface area contributed by atoms with Crippen LogP contribution < -0.4 is 14.4 Å². The van der Waals surface area contributed by atoms with E-state index in [1.54, 1.807) is 44.2 Å². The summed E-state index contributed by atoms with van der Waals surface area (Å²) in [5.74, 6) is 2.73. The van der Waals surface area contributed by atoms with Crippen molar-refractivity contribution in [2.45, 2.75) is 10.1 Å². The predicted molar refractivity (Wildman–Crippen MR) is 113 cm³/mol. The number of nitrogens with zero attached hydrogens (tertiary/aromatic N) is 3. The number of carbonyl (C=O) groups is 1. The fourth-order valence-corrected chi connectivity index (χ4v) is 4.58. The molecule has 0 N–H and O–H groups in total. The number of ether oxygens (including phenoxy) is 2. The van der Waals surface area contributed by atoms with Crippen LogP contribution in [0.4, 0.5) is 5.69 Å². The van der Waals surface area contributed by atoms with Crippen LogP contribution in [0.15, 0.2) is 57.0 Å². The number of fused-ring (bicyclic) bond motifs is 1. The molecular weight excluding hydrogens is 410 g/mol. The van der Waals surface area contributed by atoms with Crippen molar-refractivity contribution in [2.24, 2.45) is 0 Å². The highest BCUT2D eigenvalue weighted by Gasteiger charge is 2.23. The summed E-state index contributed by atoms with van der Waals surface area (Å²) in [6.07, 6.45) is 0. The Morgan fingerprint density at radius 1 is 1.17 bits per heavy atom. The van der Waals surface area contributed by atoms with E-state index in [0.717, 1.165) is 16.3 Å². The van der Waals surface area contributed by atoms with E-state index in [1.165, 1.54) is 11.8 Å². The van der Waals surface area contributed by atoms with E-state index in [0.29, 0.717) is 34.7 Å². The molecule has 0 saturated carbocycles. The molecule has 0 spiro atoms. The van der Waals surface area contributed by atoms with Gasteiger partial charge in [-0.2, -0.15) is 0 Å². The second kappa shape index (κ2) is 8.79. The van der Waals surface area contributed by atoms with Crippen LogP contribution in [-0.2, 0) is 4.79 Å². The van der Waals surface area contributed by atoms with E-state index < -0.39 is 0 Å². The molecule has 2 heterocycles. The molecule has 150 valence electrons. The quantitative estimate of drug-likeness (QED) is 0.545. The van der Waals surface area contributed by atoms with Gasteiger partial charge in [-0.25, -0.2) is 0 Å². The van der Waals surface area contributed by atoms with Gasteiger partial charge in [0, 0.05) is 28.8 Å². The number of thioether (sulfide) groups is 2. The first-order valence-corrected chi connectivity index (χ1v) is 10.9. The molecule has 1 aromatic heterocycles. The standard InChI is InChI=1S/C20H19N3O4S2/c1-25-14-9-13(10-15(11-14)26-2)19-21-22-20(27-19)29-12-18(24)23-7-8-28-17-6-4-3-5-16(17)23/h3-6,9-11H,7-8,12H2,1-2H3. The lowest BCUT2D eigenvalue weighted by atomic mass is 10.2. The summed E-state index contributed by atoms with van der Waals surface area (Å²) in [7, 11) is 3.16. The SMILES string of the molecule is COc1cc(OC)cc(-c2nnc(SCC(=O)N3CCSc4ccccc43)o2)c1. The van der Waals surface area contributed by atoms with Crippen molar-refractivity contribution < 1.29 is 18.7 Å². The minimum Gasteiger partial charge on any atom is -0.497 e. The molecule has 9 heteroatoms. The Kier molecular flexibility index (Phi) is 5.96. The summed E-state index contributed by atoms with van der Waals surface area (Å²) in [5.41, 5.74) is 1.65.